The van der Waals surface area contributed by atoms with Crippen molar-refractivity contribution in [3.05, 3.63) is 47.4 Å². The summed E-state index contributed by atoms with van der Waals surface area (Å²) in [6.45, 7) is 2.01. The number of hydrogen-bond donors (Lipinski definition) is 3. The van der Waals surface area contributed by atoms with Gasteiger partial charge in [0.1, 0.15) is 5.82 Å². The van der Waals surface area contributed by atoms with Gasteiger partial charge in [-0.15, -0.1) is 11.3 Å². The molecule has 3 N–H and O–H groups in total. The summed E-state index contributed by atoms with van der Waals surface area (Å²) < 4.78 is 13.6. The van der Waals surface area contributed by atoms with E-state index >= 15 is 0 Å². The van der Waals surface area contributed by atoms with Gasteiger partial charge < -0.3 is 15.7 Å². The van der Waals surface area contributed by atoms with E-state index < -0.39 is 0 Å². The minimum absolute atomic E-state index is 0.191. The number of aliphatic hydroxyl groups is 1. The third-order valence-corrected chi connectivity index (χ3v) is 7.61. The fourth-order valence-corrected chi connectivity index (χ4v) is 5.74. The molecule has 0 bridgehead atoms. The van der Waals surface area contributed by atoms with E-state index in [1.165, 1.54) is 12.1 Å². The number of nitrogens with one attached hydrogen (secondary N) is 2. The molecular weight excluding hydrogens is 425 g/mol. The van der Waals surface area contributed by atoms with Gasteiger partial charge in [-0.25, -0.2) is 19.3 Å². The molecule has 8 heteroatoms. The average Bonchev–Trinajstić information content (AvgIpc) is 3.27. The predicted octanol–water partition coefficient (Wildman–Crippen LogP) is 4.59. The Labute approximate surface area is 191 Å². The van der Waals surface area contributed by atoms with E-state index in [0.717, 1.165) is 78.5 Å². The molecule has 0 amide bonds. The number of rotatable bonds is 5. The van der Waals surface area contributed by atoms with Crippen molar-refractivity contribution >= 4 is 17.3 Å². The van der Waals surface area contributed by atoms with Gasteiger partial charge in [-0.05, 0) is 81.9 Å². The van der Waals surface area contributed by atoms with Crippen molar-refractivity contribution in [3.8, 4) is 21.8 Å². The van der Waals surface area contributed by atoms with Crippen LogP contribution in [0.3, 0.4) is 0 Å². The van der Waals surface area contributed by atoms with Crippen LogP contribution in [0.2, 0.25) is 0 Å². The molecule has 2 fully saturated rings. The molecule has 1 aliphatic carbocycles. The summed E-state index contributed by atoms with van der Waals surface area (Å²) in [4.78, 5) is 15.3. The van der Waals surface area contributed by atoms with Gasteiger partial charge in [-0.3, -0.25) is 0 Å². The van der Waals surface area contributed by atoms with Gasteiger partial charge in [0.05, 0.1) is 27.4 Å². The Hall–Kier alpha value is -2.42. The highest BCUT2D eigenvalue weighted by molar-refractivity contribution is 7.15. The molecule has 1 aromatic carbocycles. The van der Waals surface area contributed by atoms with Gasteiger partial charge in [0, 0.05) is 23.7 Å². The molecule has 5 rings (SSSR count). The fraction of sp³-hybridized carbons (Fsp3) is 0.458. The number of halogens is 1. The molecule has 0 unspecified atom stereocenters. The second-order valence-corrected chi connectivity index (χ2v) is 9.71. The highest BCUT2D eigenvalue weighted by atomic mass is 32.1. The quantitative estimate of drug-likeness (QED) is 0.524. The van der Waals surface area contributed by atoms with Crippen LogP contribution < -0.4 is 10.6 Å². The van der Waals surface area contributed by atoms with Gasteiger partial charge in [0.2, 0.25) is 5.95 Å². The van der Waals surface area contributed by atoms with Gasteiger partial charge in [0.25, 0.3) is 0 Å². The topological polar surface area (TPSA) is 83.0 Å². The standard InChI is InChI=1S/C24H28FN5OS/c25-17-3-1-15(2-4-17)21-22(32-23(30-21)16-9-12-26-13-10-16)20-11-14-27-24(29-20)28-18-5-7-19(31)8-6-18/h1-4,11,14,16,18-19,26,31H,5-10,12-13H2,(H,27,28,29). The number of hydrogen-bond acceptors (Lipinski definition) is 7. The van der Waals surface area contributed by atoms with Gasteiger partial charge in [-0.1, -0.05) is 0 Å². The Morgan fingerprint density at radius 1 is 0.969 bits per heavy atom. The van der Waals surface area contributed by atoms with Crippen LogP contribution in [-0.2, 0) is 0 Å². The van der Waals surface area contributed by atoms with E-state index in [0.29, 0.717) is 11.9 Å². The van der Waals surface area contributed by atoms with Crippen LogP contribution in [0.25, 0.3) is 21.8 Å². The number of benzene rings is 1. The fourth-order valence-electron chi connectivity index (χ4n) is 4.51. The minimum atomic E-state index is -0.254. The maximum Gasteiger partial charge on any atom is 0.223 e. The minimum Gasteiger partial charge on any atom is -0.393 e. The number of aliphatic hydroxyl groups excluding tert-OH is 1. The third kappa shape index (κ3) is 4.82. The lowest BCUT2D eigenvalue weighted by Gasteiger charge is -2.26. The third-order valence-electron chi connectivity index (χ3n) is 6.37. The molecule has 1 saturated carbocycles. The van der Waals surface area contributed by atoms with E-state index in [1.54, 1.807) is 29.7 Å². The summed E-state index contributed by atoms with van der Waals surface area (Å²) in [6, 6.07) is 8.72. The molecule has 3 heterocycles. The Morgan fingerprint density at radius 3 is 2.47 bits per heavy atom. The van der Waals surface area contributed by atoms with Crippen molar-refractivity contribution in [2.24, 2.45) is 0 Å². The second kappa shape index (κ2) is 9.60. The zero-order valence-electron chi connectivity index (χ0n) is 17.9. The maximum atomic E-state index is 13.6. The smallest absolute Gasteiger partial charge is 0.223 e. The van der Waals surface area contributed by atoms with Crippen molar-refractivity contribution in [1.82, 2.24) is 20.3 Å². The molecule has 2 aliphatic rings. The largest absolute Gasteiger partial charge is 0.393 e. The number of thiazole rings is 1. The Bertz CT molecular complexity index is 1040. The van der Waals surface area contributed by atoms with Crippen molar-refractivity contribution in [1.29, 1.82) is 0 Å². The molecular formula is C24H28FN5OS. The van der Waals surface area contributed by atoms with Crippen LogP contribution in [0.1, 0.15) is 49.5 Å². The molecule has 0 atom stereocenters. The number of piperidine rings is 1. The normalized spacial score (nSPS) is 22.1. The first-order valence-electron chi connectivity index (χ1n) is 11.4. The molecule has 0 spiro atoms. The monoisotopic (exact) mass is 453 g/mol. The average molecular weight is 454 g/mol. The molecule has 6 nitrogen and oxygen atoms in total. The molecule has 32 heavy (non-hydrogen) atoms. The number of aromatic nitrogens is 3. The van der Waals surface area contributed by atoms with Crippen LogP contribution >= 0.6 is 11.3 Å². The van der Waals surface area contributed by atoms with E-state index in [1.807, 2.05) is 6.07 Å². The van der Waals surface area contributed by atoms with E-state index in [2.05, 4.69) is 15.6 Å². The van der Waals surface area contributed by atoms with Crippen LogP contribution in [0.4, 0.5) is 10.3 Å². The van der Waals surface area contributed by atoms with E-state index in [-0.39, 0.29) is 18.0 Å². The zero-order chi connectivity index (χ0) is 21.9. The molecule has 168 valence electrons. The van der Waals surface area contributed by atoms with Gasteiger partial charge in [0.15, 0.2) is 0 Å². The van der Waals surface area contributed by atoms with Crippen molar-refractivity contribution in [3.63, 3.8) is 0 Å². The Morgan fingerprint density at radius 2 is 1.72 bits per heavy atom. The summed E-state index contributed by atoms with van der Waals surface area (Å²) in [7, 11) is 0. The lowest BCUT2D eigenvalue weighted by molar-refractivity contribution is 0.126. The summed E-state index contributed by atoms with van der Waals surface area (Å²) in [6.07, 6.45) is 7.16. The lowest BCUT2D eigenvalue weighted by atomic mass is 9.93. The maximum absolute atomic E-state index is 13.6. The molecule has 1 saturated heterocycles. The SMILES string of the molecule is OC1CCC(Nc2nccc(-c3sc(C4CCNCC4)nc3-c3ccc(F)cc3)n2)CC1. The van der Waals surface area contributed by atoms with Crippen LogP contribution in [-0.4, -0.2) is 45.3 Å². The zero-order valence-corrected chi connectivity index (χ0v) is 18.7. The molecule has 3 aromatic rings. The highest BCUT2D eigenvalue weighted by Crippen LogP contribution is 2.40. The molecule has 0 radical (unpaired) electrons. The van der Waals surface area contributed by atoms with E-state index in [4.69, 9.17) is 9.97 Å². The Balaban J connectivity index is 1.47. The van der Waals surface area contributed by atoms with Gasteiger partial charge >= 0.3 is 0 Å². The second-order valence-electron chi connectivity index (χ2n) is 8.68. The summed E-state index contributed by atoms with van der Waals surface area (Å²) in [5, 5.41) is 17.7. The summed E-state index contributed by atoms with van der Waals surface area (Å²) >= 11 is 1.69. The van der Waals surface area contributed by atoms with Crippen LogP contribution in [0.15, 0.2) is 36.5 Å². The highest BCUT2D eigenvalue weighted by Gasteiger charge is 2.24. The first kappa shape index (κ1) is 21.4. The molecule has 2 aromatic heterocycles. The van der Waals surface area contributed by atoms with Crippen molar-refractivity contribution in [2.75, 3.05) is 18.4 Å². The molecule has 1 aliphatic heterocycles. The van der Waals surface area contributed by atoms with Crippen LogP contribution in [0, 0.1) is 5.82 Å². The van der Waals surface area contributed by atoms with Gasteiger partial charge in [-0.2, -0.15) is 0 Å². The van der Waals surface area contributed by atoms with E-state index in [9.17, 15) is 9.50 Å². The lowest BCUT2D eigenvalue weighted by Crippen LogP contribution is -2.28. The summed E-state index contributed by atoms with van der Waals surface area (Å²) in [5.41, 5.74) is 2.58. The predicted molar refractivity (Wildman–Crippen MR) is 125 cm³/mol. The van der Waals surface area contributed by atoms with Crippen molar-refractivity contribution in [2.45, 2.75) is 56.6 Å². The number of anilines is 1. The first-order chi connectivity index (χ1) is 15.7. The number of nitrogens with zero attached hydrogens (tertiary/aromatic N) is 3. The summed E-state index contributed by atoms with van der Waals surface area (Å²) in [5.74, 6) is 0.781. The van der Waals surface area contributed by atoms with Crippen molar-refractivity contribution < 1.29 is 9.50 Å². The van der Waals surface area contributed by atoms with Crippen LogP contribution in [0.5, 0.6) is 0 Å². The Kier molecular flexibility index (Phi) is 6.43. The first-order valence-corrected chi connectivity index (χ1v) is 12.2.